The Hall–Kier alpha value is -2.57. The molecule has 0 heterocycles. The van der Waals surface area contributed by atoms with E-state index in [2.05, 4.69) is 16.0 Å². The van der Waals surface area contributed by atoms with E-state index in [0.717, 1.165) is 11.3 Å². The molecule has 0 radical (unpaired) electrons. The summed E-state index contributed by atoms with van der Waals surface area (Å²) in [7, 11) is 0. The Labute approximate surface area is 148 Å². The van der Waals surface area contributed by atoms with Crippen LogP contribution in [0.1, 0.15) is 46.1 Å². The molecule has 0 atom stereocenters. The van der Waals surface area contributed by atoms with Gasteiger partial charge in [0.25, 0.3) is 0 Å². The number of alkyl carbamates (subject to hydrolysis) is 1. The zero-order valence-corrected chi connectivity index (χ0v) is 15.3. The van der Waals surface area contributed by atoms with E-state index in [1.165, 1.54) is 0 Å². The second-order valence-corrected chi connectivity index (χ2v) is 6.55. The Morgan fingerprint density at radius 3 is 2.20 bits per heavy atom. The molecule has 0 aliphatic rings. The summed E-state index contributed by atoms with van der Waals surface area (Å²) in [5.74, 6) is -0.210. The molecule has 1 aromatic carbocycles. The summed E-state index contributed by atoms with van der Waals surface area (Å²) in [6, 6.07) is 7.26. The number of rotatable bonds is 7. The third kappa shape index (κ3) is 9.34. The van der Waals surface area contributed by atoms with Crippen LogP contribution < -0.4 is 16.0 Å². The SMILES string of the molecule is CCC(=O)Nc1ccc(CNC(=O)CCNC(=O)OC(C)(C)C)cc1. The Bertz CT molecular complexity index is 591. The highest BCUT2D eigenvalue weighted by atomic mass is 16.6. The van der Waals surface area contributed by atoms with Gasteiger partial charge >= 0.3 is 6.09 Å². The number of hydrogen-bond acceptors (Lipinski definition) is 4. The van der Waals surface area contributed by atoms with Gasteiger partial charge in [-0.25, -0.2) is 4.79 Å². The largest absolute Gasteiger partial charge is 0.444 e. The zero-order chi connectivity index (χ0) is 18.9. The number of carbonyl (C=O) groups excluding carboxylic acids is 3. The number of nitrogens with one attached hydrogen (secondary N) is 3. The molecule has 0 fully saturated rings. The average Bonchev–Trinajstić information content (AvgIpc) is 2.52. The van der Waals surface area contributed by atoms with Crippen LogP contribution in [0, 0.1) is 0 Å². The van der Waals surface area contributed by atoms with E-state index >= 15 is 0 Å². The Kier molecular flexibility index (Phi) is 7.91. The molecule has 0 unspecified atom stereocenters. The molecule has 0 saturated carbocycles. The van der Waals surface area contributed by atoms with Gasteiger partial charge in [0.15, 0.2) is 0 Å². The molecule has 1 rings (SSSR count). The van der Waals surface area contributed by atoms with Crippen LogP contribution in [0.4, 0.5) is 10.5 Å². The first-order valence-corrected chi connectivity index (χ1v) is 8.32. The second-order valence-electron chi connectivity index (χ2n) is 6.55. The first kappa shape index (κ1) is 20.5. The molecule has 0 aliphatic carbocycles. The fourth-order valence-electron chi connectivity index (χ4n) is 1.84. The Morgan fingerprint density at radius 1 is 1.00 bits per heavy atom. The summed E-state index contributed by atoms with van der Waals surface area (Å²) < 4.78 is 5.08. The monoisotopic (exact) mass is 349 g/mol. The average molecular weight is 349 g/mol. The lowest BCUT2D eigenvalue weighted by molar-refractivity contribution is -0.121. The minimum Gasteiger partial charge on any atom is -0.444 e. The maximum absolute atomic E-state index is 11.8. The van der Waals surface area contributed by atoms with Crippen molar-refractivity contribution in [3.8, 4) is 0 Å². The van der Waals surface area contributed by atoms with Crippen LogP contribution >= 0.6 is 0 Å². The fourth-order valence-corrected chi connectivity index (χ4v) is 1.84. The van der Waals surface area contributed by atoms with Gasteiger partial charge in [-0.15, -0.1) is 0 Å². The fraction of sp³-hybridized carbons (Fsp3) is 0.500. The van der Waals surface area contributed by atoms with Crippen LogP contribution in [0.15, 0.2) is 24.3 Å². The van der Waals surface area contributed by atoms with Crippen LogP contribution in [0.2, 0.25) is 0 Å². The summed E-state index contributed by atoms with van der Waals surface area (Å²) >= 11 is 0. The highest BCUT2D eigenvalue weighted by molar-refractivity contribution is 5.90. The quantitative estimate of drug-likeness (QED) is 0.705. The molecule has 3 amide bonds. The van der Waals surface area contributed by atoms with Crippen molar-refractivity contribution in [3.63, 3.8) is 0 Å². The predicted octanol–water partition coefficient (Wildman–Crippen LogP) is 2.57. The maximum atomic E-state index is 11.8. The number of anilines is 1. The highest BCUT2D eigenvalue weighted by Crippen LogP contribution is 2.10. The zero-order valence-electron chi connectivity index (χ0n) is 15.3. The van der Waals surface area contributed by atoms with Crippen molar-refractivity contribution in [2.75, 3.05) is 11.9 Å². The van der Waals surface area contributed by atoms with Crippen LogP contribution in [-0.2, 0) is 20.9 Å². The highest BCUT2D eigenvalue weighted by Gasteiger charge is 2.15. The van der Waals surface area contributed by atoms with Crippen LogP contribution in [-0.4, -0.2) is 30.1 Å². The Morgan fingerprint density at radius 2 is 1.64 bits per heavy atom. The van der Waals surface area contributed by atoms with E-state index in [1.54, 1.807) is 39.8 Å². The molecule has 0 saturated heterocycles. The number of ether oxygens (including phenoxy) is 1. The molecule has 0 bridgehead atoms. The molecule has 7 heteroatoms. The van der Waals surface area contributed by atoms with Crippen molar-refractivity contribution >= 4 is 23.6 Å². The lowest BCUT2D eigenvalue weighted by Gasteiger charge is -2.19. The third-order valence-electron chi connectivity index (χ3n) is 3.07. The smallest absolute Gasteiger partial charge is 0.407 e. The van der Waals surface area contributed by atoms with Gasteiger partial charge in [-0.3, -0.25) is 9.59 Å². The predicted molar refractivity (Wildman–Crippen MR) is 96.1 cm³/mol. The molecule has 7 nitrogen and oxygen atoms in total. The van der Waals surface area contributed by atoms with Gasteiger partial charge in [-0.1, -0.05) is 19.1 Å². The van der Waals surface area contributed by atoms with Crippen LogP contribution in [0.3, 0.4) is 0 Å². The van der Waals surface area contributed by atoms with E-state index in [0.29, 0.717) is 13.0 Å². The molecule has 0 spiro atoms. The van der Waals surface area contributed by atoms with Gasteiger partial charge in [0, 0.05) is 31.6 Å². The molecule has 25 heavy (non-hydrogen) atoms. The first-order valence-electron chi connectivity index (χ1n) is 8.32. The van der Waals surface area contributed by atoms with Gasteiger partial charge in [-0.2, -0.15) is 0 Å². The van der Waals surface area contributed by atoms with E-state index < -0.39 is 11.7 Å². The number of carbonyl (C=O) groups is 3. The molecule has 3 N–H and O–H groups in total. The van der Waals surface area contributed by atoms with E-state index in [9.17, 15) is 14.4 Å². The molecule has 0 aliphatic heterocycles. The lowest BCUT2D eigenvalue weighted by Crippen LogP contribution is -2.35. The normalized spacial score (nSPS) is 10.7. The standard InChI is InChI=1S/C18H27N3O4/c1-5-15(22)21-14-8-6-13(7-9-14)12-20-16(23)10-11-19-17(24)25-18(2,3)4/h6-9H,5,10-12H2,1-4H3,(H,19,24)(H,20,23)(H,21,22). The van der Waals surface area contributed by atoms with Gasteiger partial charge in [0.2, 0.25) is 11.8 Å². The topological polar surface area (TPSA) is 96.5 Å². The molecule has 0 aromatic heterocycles. The summed E-state index contributed by atoms with van der Waals surface area (Å²) in [6.45, 7) is 7.71. The molecular formula is C18H27N3O4. The summed E-state index contributed by atoms with van der Waals surface area (Å²) in [5.41, 5.74) is 1.08. The van der Waals surface area contributed by atoms with Crippen molar-refractivity contribution in [2.45, 2.75) is 52.7 Å². The van der Waals surface area contributed by atoms with Gasteiger partial charge < -0.3 is 20.7 Å². The summed E-state index contributed by atoms with van der Waals surface area (Å²) in [6.07, 6.45) is 0.0592. The van der Waals surface area contributed by atoms with Crippen molar-refractivity contribution in [2.24, 2.45) is 0 Å². The van der Waals surface area contributed by atoms with Gasteiger partial charge in [0.1, 0.15) is 5.60 Å². The minimum atomic E-state index is -0.560. The van der Waals surface area contributed by atoms with Gasteiger partial charge in [0.05, 0.1) is 0 Å². The lowest BCUT2D eigenvalue weighted by atomic mass is 10.2. The first-order chi connectivity index (χ1) is 11.7. The number of hydrogen-bond donors (Lipinski definition) is 3. The summed E-state index contributed by atoms with van der Waals surface area (Å²) in [4.78, 5) is 34.5. The van der Waals surface area contributed by atoms with Crippen molar-refractivity contribution in [1.29, 1.82) is 0 Å². The number of benzene rings is 1. The van der Waals surface area contributed by atoms with E-state index in [-0.39, 0.29) is 24.8 Å². The van der Waals surface area contributed by atoms with E-state index in [1.807, 2.05) is 12.1 Å². The van der Waals surface area contributed by atoms with Crippen molar-refractivity contribution in [1.82, 2.24) is 10.6 Å². The molecule has 138 valence electrons. The maximum Gasteiger partial charge on any atom is 0.407 e. The second kappa shape index (κ2) is 9.66. The molecule has 1 aromatic rings. The Balaban J connectivity index is 2.27. The summed E-state index contributed by atoms with van der Waals surface area (Å²) in [5, 5.41) is 8.07. The van der Waals surface area contributed by atoms with Crippen LogP contribution in [0.25, 0.3) is 0 Å². The number of amides is 3. The van der Waals surface area contributed by atoms with Gasteiger partial charge in [-0.05, 0) is 38.5 Å². The van der Waals surface area contributed by atoms with Crippen molar-refractivity contribution in [3.05, 3.63) is 29.8 Å². The van der Waals surface area contributed by atoms with Crippen molar-refractivity contribution < 1.29 is 19.1 Å². The van der Waals surface area contributed by atoms with Crippen LogP contribution in [0.5, 0.6) is 0 Å². The van der Waals surface area contributed by atoms with E-state index in [4.69, 9.17) is 4.74 Å². The minimum absolute atomic E-state index is 0.0430. The third-order valence-corrected chi connectivity index (χ3v) is 3.07. The molecular weight excluding hydrogens is 322 g/mol.